The molecule has 1 fully saturated rings. The Morgan fingerprint density at radius 3 is 2.33 bits per heavy atom. The summed E-state index contributed by atoms with van der Waals surface area (Å²) in [5, 5.41) is 3.76. The van der Waals surface area contributed by atoms with E-state index in [-0.39, 0.29) is 0 Å². The fourth-order valence-corrected chi connectivity index (χ4v) is 3.76. The van der Waals surface area contributed by atoms with Crippen molar-refractivity contribution in [3.05, 3.63) is 29.3 Å². The minimum atomic E-state index is 0.490. The van der Waals surface area contributed by atoms with E-state index >= 15 is 0 Å². The Kier molecular flexibility index (Phi) is 5.35. The third-order valence-corrected chi connectivity index (χ3v) is 5.38. The van der Waals surface area contributed by atoms with Crippen LogP contribution in [0.25, 0.3) is 0 Å². The highest BCUT2D eigenvalue weighted by Gasteiger charge is 2.29. The van der Waals surface area contributed by atoms with Crippen molar-refractivity contribution in [1.29, 1.82) is 0 Å². The van der Waals surface area contributed by atoms with Crippen LogP contribution in [0.3, 0.4) is 0 Å². The Morgan fingerprint density at radius 2 is 1.76 bits per heavy atom. The van der Waals surface area contributed by atoms with Crippen LogP contribution in [0.5, 0.6) is 0 Å². The summed E-state index contributed by atoms with van der Waals surface area (Å²) < 4.78 is 0. The van der Waals surface area contributed by atoms with Crippen LogP contribution >= 0.6 is 0 Å². The maximum Gasteiger partial charge on any atom is 0.0402 e. The Hall–Kier alpha value is -0.980. The molecule has 2 rings (SSSR count). The van der Waals surface area contributed by atoms with Crippen molar-refractivity contribution >= 4 is 5.69 Å². The van der Waals surface area contributed by atoms with E-state index in [1.807, 2.05) is 0 Å². The number of rotatable bonds is 4. The van der Waals surface area contributed by atoms with Crippen LogP contribution < -0.4 is 5.32 Å². The van der Waals surface area contributed by atoms with E-state index in [1.54, 1.807) is 0 Å². The molecule has 0 aromatic heterocycles. The van der Waals surface area contributed by atoms with Gasteiger partial charge in [0, 0.05) is 12.2 Å². The number of hydrogen-bond donors (Lipinski definition) is 1. The largest absolute Gasteiger partial charge is 0.384 e. The van der Waals surface area contributed by atoms with E-state index in [0.717, 1.165) is 24.8 Å². The average molecular weight is 287 g/mol. The Balaban J connectivity index is 1.88. The van der Waals surface area contributed by atoms with Gasteiger partial charge in [0.15, 0.2) is 0 Å². The number of aryl methyl sites for hydroxylation is 2. The molecule has 1 aliphatic rings. The zero-order valence-electron chi connectivity index (χ0n) is 14.6. The molecule has 0 unspecified atom stereocenters. The van der Waals surface area contributed by atoms with Gasteiger partial charge < -0.3 is 5.32 Å². The minimum absolute atomic E-state index is 0.490. The molecule has 0 bridgehead atoms. The van der Waals surface area contributed by atoms with Crippen molar-refractivity contribution < 1.29 is 0 Å². The first kappa shape index (κ1) is 16.4. The first-order valence-corrected chi connectivity index (χ1v) is 8.74. The van der Waals surface area contributed by atoms with Crippen LogP contribution in [-0.4, -0.2) is 6.54 Å². The van der Waals surface area contributed by atoms with Crippen molar-refractivity contribution in [1.82, 2.24) is 0 Å². The molecule has 1 heteroatoms. The standard InChI is InChI=1S/C20H33N/c1-6-17-9-7-8-15(2)19(17)21-14-16-10-12-18(13-11-16)20(3,4)5/h7-9,16,18,21H,6,10-14H2,1-5H3. The lowest BCUT2D eigenvalue weighted by molar-refractivity contribution is 0.153. The van der Waals surface area contributed by atoms with Gasteiger partial charge in [-0.25, -0.2) is 0 Å². The Bertz CT molecular complexity index is 447. The van der Waals surface area contributed by atoms with Crippen LogP contribution in [0, 0.1) is 24.2 Å². The number of benzene rings is 1. The van der Waals surface area contributed by atoms with Gasteiger partial charge in [-0.15, -0.1) is 0 Å². The van der Waals surface area contributed by atoms with Crippen molar-refractivity contribution in [2.45, 2.75) is 66.7 Å². The average Bonchev–Trinajstić information content (AvgIpc) is 2.45. The predicted octanol–water partition coefficient (Wildman–Crippen LogP) is 5.82. The second kappa shape index (κ2) is 6.85. The lowest BCUT2D eigenvalue weighted by Crippen LogP contribution is -2.28. The van der Waals surface area contributed by atoms with Gasteiger partial charge >= 0.3 is 0 Å². The summed E-state index contributed by atoms with van der Waals surface area (Å²) in [4.78, 5) is 0. The molecule has 1 nitrogen and oxygen atoms in total. The highest BCUT2D eigenvalue weighted by Crippen LogP contribution is 2.39. The van der Waals surface area contributed by atoms with E-state index in [0.29, 0.717) is 5.41 Å². The van der Waals surface area contributed by atoms with Gasteiger partial charge in [-0.05, 0) is 67.4 Å². The van der Waals surface area contributed by atoms with Gasteiger partial charge in [0.05, 0.1) is 0 Å². The van der Waals surface area contributed by atoms with Crippen molar-refractivity contribution in [3.8, 4) is 0 Å². The molecule has 0 spiro atoms. The Morgan fingerprint density at radius 1 is 1.10 bits per heavy atom. The molecule has 1 aromatic carbocycles. The molecule has 0 amide bonds. The quantitative estimate of drug-likeness (QED) is 0.735. The first-order chi connectivity index (χ1) is 9.91. The topological polar surface area (TPSA) is 12.0 Å². The third kappa shape index (κ3) is 4.25. The summed E-state index contributed by atoms with van der Waals surface area (Å²) in [6.45, 7) is 12.8. The number of nitrogens with one attached hydrogen (secondary N) is 1. The highest BCUT2D eigenvalue weighted by atomic mass is 14.9. The number of para-hydroxylation sites is 1. The normalized spacial score (nSPS) is 23.1. The fourth-order valence-electron chi connectivity index (χ4n) is 3.76. The van der Waals surface area contributed by atoms with E-state index in [2.05, 4.69) is 58.1 Å². The molecule has 1 aliphatic carbocycles. The molecule has 1 aromatic rings. The van der Waals surface area contributed by atoms with Crippen molar-refractivity contribution in [2.75, 3.05) is 11.9 Å². The molecule has 1 N–H and O–H groups in total. The summed E-state index contributed by atoms with van der Waals surface area (Å²) >= 11 is 0. The van der Waals surface area contributed by atoms with E-state index < -0.39 is 0 Å². The van der Waals surface area contributed by atoms with Crippen LogP contribution in [0.4, 0.5) is 5.69 Å². The van der Waals surface area contributed by atoms with Crippen LogP contribution in [0.1, 0.15) is 64.5 Å². The summed E-state index contributed by atoms with van der Waals surface area (Å²) in [7, 11) is 0. The van der Waals surface area contributed by atoms with Crippen molar-refractivity contribution in [2.24, 2.45) is 17.3 Å². The lowest BCUT2D eigenvalue weighted by atomic mass is 9.70. The second-order valence-corrected chi connectivity index (χ2v) is 7.93. The van der Waals surface area contributed by atoms with E-state index in [4.69, 9.17) is 0 Å². The second-order valence-electron chi connectivity index (χ2n) is 7.93. The van der Waals surface area contributed by atoms with Gasteiger partial charge in [-0.2, -0.15) is 0 Å². The molecule has 21 heavy (non-hydrogen) atoms. The highest BCUT2D eigenvalue weighted by molar-refractivity contribution is 5.57. The van der Waals surface area contributed by atoms with Crippen LogP contribution in [0.15, 0.2) is 18.2 Å². The third-order valence-electron chi connectivity index (χ3n) is 5.38. The fraction of sp³-hybridized carbons (Fsp3) is 0.700. The maximum atomic E-state index is 3.76. The zero-order valence-corrected chi connectivity index (χ0v) is 14.6. The number of anilines is 1. The van der Waals surface area contributed by atoms with Gasteiger partial charge in [0.1, 0.15) is 0 Å². The molecular formula is C20H33N. The van der Waals surface area contributed by atoms with Gasteiger partial charge in [0.2, 0.25) is 0 Å². The van der Waals surface area contributed by atoms with E-state index in [1.165, 1.54) is 42.5 Å². The Labute approximate surface area is 131 Å². The summed E-state index contributed by atoms with van der Waals surface area (Å²) in [5.74, 6) is 1.77. The molecule has 0 aliphatic heterocycles. The summed E-state index contributed by atoms with van der Waals surface area (Å²) in [6.07, 6.45) is 6.71. The molecule has 118 valence electrons. The minimum Gasteiger partial charge on any atom is -0.384 e. The molecule has 1 saturated carbocycles. The monoisotopic (exact) mass is 287 g/mol. The van der Waals surface area contributed by atoms with Gasteiger partial charge in [0.25, 0.3) is 0 Å². The SMILES string of the molecule is CCc1cccc(C)c1NCC1CCC(C(C)(C)C)CC1. The van der Waals surface area contributed by atoms with Crippen LogP contribution in [-0.2, 0) is 6.42 Å². The summed E-state index contributed by atoms with van der Waals surface area (Å²) in [5.41, 5.74) is 4.72. The van der Waals surface area contributed by atoms with Gasteiger partial charge in [-0.3, -0.25) is 0 Å². The van der Waals surface area contributed by atoms with Gasteiger partial charge in [-0.1, -0.05) is 45.9 Å². The molecule has 0 radical (unpaired) electrons. The molecule has 0 saturated heterocycles. The number of hydrogen-bond acceptors (Lipinski definition) is 1. The van der Waals surface area contributed by atoms with E-state index in [9.17, 15) is 0 Å². The lowest BCUT2D eigenvalue weighted by Gasteiger charge is -2.37. The van der Waals surface area contributed by atoms with Crippen LogP contribution in [0.2, 0.25) is 0 Å². The maximum absolute atomic E-state index is 3.76. The predicted molar refractivity (Wildman–Crippen MR) is 93.9 cm³/mol. The molecule has 0 atom stereocenters. The zero-order chi connectivity index (χ0) is 15.5. The van der Waals surface area contributed by atoms with Crippen molar-refractivity contribution in [3.63, 3.8) is 0 Å². The molecular weight excluding hydrogens is 254 g/mol. The summed E-state index contributed by atoms with van der Waals surface area (Å²) in [6, 6.07) is 6.65. The molecule has 0 heterocycles. The smallest absolute Gasteiger partial charge is 0.0402 e. The first-order valence-electron chi connectivity index (χ1n) is 8.74.